The van der Waals surface area contributed by atoms with Crippen molar-refractivity contribution in [1.82, 2.24) is 15.0 Å². The van der Waals surface area contributed by atoms with E-state index in [2.05, 4.69) is 27.2 Å². The van der Waals surface area contributed by atoms with Crippen LogP contribution < -0.4 is 11.1 Å². The Hall–Kier alpha value is -1.97. The van der Waals surface area contributed by atoms with Gasteiger partial charge in [0.15, 0.2) is 21.8 Å². The number of aromatic nitrogens is 3. The number of nitrogen functional groups attached to an aromatic ring is 1. The van der Waals surface area contributed by atoms with Gasteiger partial charge in [0.05, 0.1) is 0 Å². The van der Waals surface area contributed by atoms with Crippen LogP contribution in [0.1, 0.15) is 30.9 Å². The summed E-state index contributed by atoms with van der Waals surface area (Å²) < 4.78 is 15.0. The lowest BCUT2D eigenvalue weighted by atomic mass is 10.1. The molecule has 1 aromatic carbocycles. The molecule has 1 unspecified atom stereocenters. The Morgan fingerprint density at radius 3 is 2.89 bits per heavy atom. The van der Waals surface area contributed by atoms with Crippen LogP contribution in [-0.2, 0) is 5.75 Å². The number of rotatable bonds is 9. The lowest BCUT2D eigenvalue weighted by Crippen LogP contribution is -2.18. The van der Waals surface area contributed by atoms with E-state index in [1.165, 1.54) is 23.1 Å². The van der Waals surface area contributed by atoms with E-state index < -0.39 is 0 Å². The number of anilines is 2. The molecule has 2 heterocycles. The number of nitrogens with two attached hydrogens (primary N) is 1. The zero-order chi connectivity index (χ0) is 20.1. The van der Waals surface area contributed by atoms with Crippen molar-refractivity contribution in [3.8, 4) is 0 Å². The van der Waals surface area contributed by atoms with Gasteiger partial charge in [0, 0.05) is 18.9 Å². The van der Waals surface area contributed by atoms with Crippen LogP contribution in [-0.4, -0.2) is 33.2 Å². The number of fused-ring (bicyclic) bond motifs is 1. The Kier molecular flexibility index (Phi) is 7.03. The van der Waals surface area contributed by atoms with Crippen molar-refractivity contribution in [2.45, 2.75) is 37.6 Å². The number of thiazole rings is 1. The summed E-state index contributed by atoms with van der Waals surface area (Å²) >= 11 is 2.68. The van der Waals surface area contributed by atoms with Crippen LogP contribution in [0.2, 0.25) is 0 Å². The fourth-order valence-corrected chi connectivity index (χ4v) is 4.43. The molecule has 0 aliphatic heterocycles. The van der Waals surface area contributed by atoms with Crippen LogP contribution in [0.15, 0.2) is 23.4 Å². The molecular weight excluding hydrogens is 397 g/mol. The van der Waals surface area contributed by atoms with Gasteiger partial charge in [-0.2, -0.15) is 0 Å². The summed E-state index contributed by atoms with van der Waals surface area (Å²) in [6.07, 6.45) is 1.93. The average molecular weight is 422 g/mol. The van der Waals surface area contributed by atoms with Gasteiger partial charge in [-0.05, 0) is 30.4 Å². The van der Waals surface area contributed by atoms with E-state index in [0.29, 0.717) is 45.2 Å². The quantitative estimate of drug-likeness (QED) is 0.351. The van der Waals surface area contributed by atoms with E-state index in [0.717, 1.165) is 17.5 Å². The third-order valence-electron chi connectivity index (χ3n) is 4.39. The molecule has 3 aromatic rings. The fourth-order valence-electron chi connectivity index (χ4n) is 2.87. The van der Waals surface area contributed by atoms with E-state index in [9.17, 15) is 9.50 Å². The van der Waals surface area contributed by atoms with E-state index >= 15 is 0 Å². The average Bonchev–Trinajstić information content (AvgIpc) is 3.06. The molecule has 0 saturated carbocycles. The minimum atomic E-state index is -0.197. The molecule has 0 radical (unpaired) electrons. The number of benzene rings is 1. The van der Waals surface area contributed by atoms with Gasteiger partial charge >= 0.3 is 0 Å². The van der Waals surface area contributed by atoms with Crippen molar-refractivity contribution in [3.63, 3.8) is 0 Å². The van der Waals surface area contributed by atoms with Gasteiger partial charge in [0.25, 0.3) is 0 Å². The second kappa shape index (κ2) is 9.49. The van der Waals surface area contributed by atoms with E-state index in [4.69, 9.17) is 5.73 Å². The van der Waals surface area contributed by atoms with Gasteiger partial charge in [-0.1, -0.05) is 54.6 Å². The van der Waals surface area contributed by atoms with Gasteiger partial charge in [0.1, 0.15) is 10.5 Å². The predicted molar refractivity (Wildman–Crippen MR) is 114 cm³/mol. The fraction of sp³-hybridized carbons (Fsp3) is 0.421. The number of hydrogen-bond acceptors (Lipinski definition) is 8. The van der Waals surface area contributed by atoms with Crippen molar-refractivity contribution >= 4 is 44.4 Å². The first-order valence-corrected chi connectivity index (χ1v) is 11.0. The van der Waals surface area contributed by atoms with E-state index in [1.54, 1.807) is 19.1 Å². The number of nitrogens with one attached hydrogen (secondary N) is 1. The topological polar surface area (TPSA) is 97.0 Å². The first-order valence-electron chi connectivity index (χ1n) is 9.17. The number of thioether (sulfide) groups is 1. The van der Waals surface area contributed by atoms with Gasteiger partial charge in [0.2, 0.25) is 0 Å². The highest BCUT2D eigenvalue weighted by molar-refractivity contribution is 7.98. The zero-order valence-corrected chi connectivity index (χ0v) is 17.5. The standard InChI is InChI=1S/C19H24FN5OS2/c1-3-5-12(9-26)8-22-16-15-17(23-18(21)28-15)25-19(24-16)27-10-13-7-4-6-11(2)14(13)20/h4,6-7,12,26H,3,5,8-10H2,1-2H3,(H3,21,22,23,24,25). The van der Waals surface area contributed by atoms with Crippen LogP contribution in [0, 0.1) is 18.7 Å². The smallest absolute Gasteiger partial charge is 0.191 e. The Balaban J connectivity index is 1.81. The van der Waals surface area contributed by atoms with Crippen LogP contribution in [0.4, 0.5) is 15.3 Å². The number of aryl methyl sites for hydroxylation is 1. The minimum absolute atomic E-state index is 0.119. The molecule has 0 bridgehead atoms. The number of aliphatic hydroxyl groups excluding tert-OH is 1. The van der Waals surface area contributed by atoms with Gasteiger partial charge < -0.3 is 16.2 Å². The summed E-state index contributed by atoms with van der Waals surface area (Å²) in [7, 11) is 0. The van der Waals surface area contributed by atoms with Crippen LogP contribution in [0.5, 0.6) is 0 Å². The molecule has 0 fully saturated rings. The second-order valence-corrected chi connectivity index (χ2v) is 8.59. The summed E-state index contributed by atoms with van der Waals surface area (Å²) in [6.45, 7) is 4.56. The first-order chi connectivity index (χ1) is 13.5. The summed E-state index contributed by atoms with van der Waals surface area (Å²) in [5.74, 6) is 1.03. The lowest BCUT2D eigenvalue weighted by molar-refractivity contribution is 0.225. The van der Waals surface area contributed by atoms with Crippen molar-refractivity contribution in [2.75, 3.05) is 24.2 Å². The molecule has 1 atom stereocenters. The first kappa shape index (κ1) is 20.8. The SMILES string of the molecule is CCCC(CO)CNc1nc(SCc2cccc(C)c2F)nc2nc(N)sc12. The maximum absolute atomic E-state index is 14.2. The molecule has 0 amide bonds. The predicted octanol–water partition coefficient (Wildman–Crippen LogP) is 4.23. The Morgan fingerprint density at radius 1 is 1.32 bits per heavy atom. The highest BCUT2D eigenvalue weighted by Gasteiger charge is 2.15. The molecule has 6 nitrogen and oxygen atoms in total. The van der Waals surface area contributed by atoms with Gasteiger partial charge in [-0.3, -0.25) is 0 Å². The van der Waals surface area contributed by atoms with Crippen molar-refractivity contribution in [2.24, 2.45) is 5.92 Å². The van der Waals surface area contributed by atoms with Crippen molar-refractivity contribution in [1.29, 1.82) is 0 Å². The second-order valence-electron chi connectivity index (χ2n) is 6.61. The molecule has 28 heavy (non-hydrogen) atoms. The van der Waals surface area contributed by atoms with Gasteiger partial charge in [-0.15, -0.1) is 0 Å². The van der Waals surface area contributed by atoms with Gasteiger partial charge in [-0.25, -0.2) is 19.3 Å². The number of halogens is 1. The molecule has 0 spiro atoms. The molecular formula is C19H24FN5OS2. The molecule has 4 N–H and O–H groups in total. The molecule has 3 rings (SSSR count). The number of aliphatic hydroxyl groups is 1. The van der Waals surface area contributed by atoms with Crippen LogP contribution in [0.3, 0.4) is 0 Å². The van der Waals surface area contributed by atoms with Crippen LogP contribution >= 0.6 is 23.1 Å². The molecule has 2 aromatic heterocycles. The Labute approximate surface area is 171 Å². The third kappa shape index (κ3) is 4.89. The van der Waals surface area contributed by atoms with Crippen molar-refractivity contribution in [3.05, 3.63) is 35.1 Å². The van der Waals surface area contributed by atoms with Crippen molar-refractivity contribution < 1.29 is 9.50 Å². The van der Waals surface area contributed by atoms with Crippen LogP contribution in [0.25, 0.3) is 10.3 Å². The Morgan fingerprint density at radius 2 is 2.14 bits per heavy atom. The van der Waals surface area contributed by atoms with E-state index in [-0.39, 0.29) is 18.3 Å². The minimum Gasteiger partial charge on any atom is -0.396 e. The molecule has 0 saturated heterocycles. The zero-order valence-electron chi connectivity index (χ0n) is 15.9. The third-order valence-corrected chi connectivity index (χ3v) is 6.17. The maximum Gasteiger partial charge on any atom is 0.191 e. The number of hydrogen-bond donors (Lipinski definition) is 3. The molecule has 9 heteroatoms. The molecule has 0 aliphatic carbocycles. The molecule has 0 aliphatic rings. The summed E-state index contributed by atoms with van der Waals surface area (Å²) in [5, 5.41) is 13.8. The summed E-state index contributed by atoms with van der Waals surface area (Å²) in [4.78, 5) is 13.3. The highest BCUT2D eigenvalue weighted by Crippen LogP contribution is 2.32. The number of nitrogens with zero attached hydrogens (tertiary/aromatic N) is 3. The lowest BCUT2D eigenvalue weighted by Gasteiger charge is -2.15. The summed E-state index contributed by atoms with van der Waals surface area (Å²) in [6, 6.07) is 5.36. The summed E-state index contributed by atoms with van der Waals surface area (Å²) in [5.41, 5.74) is 7.62. The van der Waals surface area contributed by atoms with E-state index in [1.807, 2.05) is 6.07 Å². The molecule has 150 valence electrons. The largest absolute Gasteiger partial charge is 0.396 e. The maximum atomic E-state index is 14.2. The monoisotopic (exact) mass is 421 g/mol. The highest BCUT2D eigenvalue weighted by atomic mass is 32.2. The normalized spacial score (nSPS) is 12.4. The Bertz CT molecular complexity index is 949.